The van der Waals surface area contributed by atoms with E-state index in [4.69, 9.17) is 4.42 Å². The van der Waals surface area contributed by atoms with Gasteiger partial charge in [0, 0.05) is 22.7 Å². The molecular weight excluding hydrogens is 278 g/mol. The second kappa shape index (κ2) is 6.46. The van der Waals surface area contributed by atoms with Crippen LogP contribution in [-0.4, -0.2) is 12.6 Å². The van der Waals surface area contributed by atoms with Gasteiger partial charge >= 0.3 is 0 Å². The zero-order valence-corrected chi connectivity index (χ0v) is 13.4. The number of hydrogen-bond acceptors (Lipinski definition) is 3. The molecule has 0 aliphatic heterocycles. The Hall–Kier alpha value is -1.58. The quantitative estimate of drug-likeness (QED) is 0.685. The highest BCUT2D eigenvalue weighted by Crippen LogP contribution is 2.28. The van der Waals surface area contributed by atoms with Crippen molar-refractivity contribution >= 4 is 21.4 Å². The molecule has 2 heterocycles. The van der Waals surface area contributed by atoms with Gasteiger partial charge in [0.1, 0.15) is 11.5 Å². The second-order valence-corrected chi connectivity index (χ2v) is 6.45. The van der Waals surface area contributed by atoms with Crippen molar-refractivity contribution in [1.29, 1.82) is 0 Å². The van der Waals surface area contributed by atoms with Crippen molar-refractivity contribution in [2.45, 2.75) is 32.7 Å². The van der Waals surface area contributed by atoms with Gasteiger partial charge in [-0.1, -0.05) is 6.92 Å². The van der Waals surface area contributed by atoms with Crippen LogP contribution in [0.3, 0.4) is 0 Å². The number of furan rings is 1. The Morgan fingerprint density at radius 2 is 2.10 bits per heavy atom. The first kappa shape index (κ1) is 14.4. The first-order valence-corrected chi connectivity index (χ1v) is 8.44. The van der Waals surface area contributed by atoms with Gasteiger partial charge < -0.3 is 9.73 Å². The monoisotopic (exact) mass is 299 g/mol. The minimum absolute atomic E-state index is 0.448. The Morgan fingerprint density at radius 3 is 2.95 bits per heavy atom. The molecule has 1 unspecified atom stereocenters. The van der Waals surface area contributed by atoms with Gasteiger partial charge in [-0.3, -0.25) is 0 Å². The Morgan fingerprint density at radius 1 is 1.19 bits per heavy atom. The lowest BCUT2D eigenvalue weighted by molar-refractivity contribution is 0.464. The minimum atomic E-state index is 0.448. The van der Waals surface area contributed by atoms with E-state index < -0.39 is 0 Å². The normalized spacial score (nSPS) is 12.9. The summed E-state index contributed by atoms with van der Waals surface area (Å²) in [5.41, 5.74) is 1.15. The Kier molecular flexibility index (Phi) is 4.42. The highest BCUT2D eigenvalue weighted by atomic mass is 32.1. The number of fused-ring (bicyclic) bond motifs is 1. The van der Waals surface area contributed by atoms with Crippen LogP contribution >= 0.6 is 11.3 Å². The van der Waals surface area contributed by atoms with E-state index in [1.54, 1.807) is 11.3 Å². The Balaban J connectivity index is 1.74. The van der Waals surface area contributed by atoms with E-state index in [0.717, 1.165) is 36.5 Å². The zero-order chi connectivity index (χ0) is 14.7. The third kappa shape index (κ3) is 3.36. The zero-order valence-electron chi connectivity index (χ0n) is 12.6. The van der Waals surface area contributed by atoms with Gasteiger partial charge in [0.05, 0.1) is 0 Å². The fraction of sp³-hybridized carbons (Fsp3) is 0.333. The highest BCUT2D eigenvalue weighted by molar-refractivity contribution is 7.17. The summed E-state index contributed by atoms with van der Waals surface area (Å²) in [5.74, 6) is 2.01. The van der Waals surface area contributed by atoms with Crippen LogP contribution in [0.5, 0.6) is 0 Å². The molecule has 0 saturated heterocycles. The summed E-state index contributed by atoms with van der Waals surface area (Å²) in [4.78, 5) is 0. The van der Waals surface area contributed by atoms with Crippen LogP contribution in [-0.2, 0) is 6.42 Å². The summed E-state index contributed by atoms with van der Waals surface area (Å²) < 4.78 is 7.33. The maximum Gasteiger partial charge on any atom is 0.134 e. The number of hydrogen-bond donors (Lipinski definition) is 1. The molecule has 2 nitrogen and oxygen atoms in total. The third-order valence-electron chi connectivity index (χ3n) is 3.65. The van der Waals surface area contributed by atoms with Gasteiger partial charge in [0.15, 0.2) is 0 Å². The Bertz CT molecular complexity index is 713. The van der Waals surface area contributed by atoms with Crippen LogP contribution in [0.2, 0.25) is 0 Å². The van der Waals surface area contributed by atoms with Gasteiger partial charge in [-0.25, -0.2) is 0 Å². The third-order valence-corrected chi connectivity index (χ3v) is 4.55. The van der Waals surface area contributed by atoms with E-state index in [0.29, 0.717) is 6.04 Å². The molecule has 0 spiro atoms. The van der Waals surface area contributed by atoms with E-state index in [9.17, 15) is 0 Å². The summed E-state index contributed by atoms with van der Waals surface area (Å²) in [7, 11) is 0. The molecule has 3 heteroatoms. The standard InChI is InChI=1S/C18H21NOS/c1-3-9-19-13(2)11-16-5-6-17(20-16)14-4-7-18-15(12-14)8-10-21-18/h4-8,10,12-13,19H,3,9,11H2,1-2H3. The molecule has 0 aliphatic carbocycles. The van der Waals surface area contributed by atoms with Gasteiger partial charge in [0.25, 0.3) is 0 Å². The summed E-state index contributed by atoms with van der Waals surface area (Å²) in [5, 5.41) is 6.91. The first-order chi connectivity index (χ1) is 10.3. The van der Waals surface area contributed by atoms with Crippen molar-refractivity contribution in [2.24, 2.45) is 0 Å². The van der Waals surface area contributed by atoms with Crippen molar-refractivity contribution in [2.75, 3.05) is 6.54 Å². The molecule has 1 aromatic carbocycles. The average Bonchev–Trinajstić information content (AvgIpc) is 3.12. The predicted molar refractivity (Wildman–Crippen MR) is 91.0 cm³/mol. The van der Waals surface area contributed by atoms with Crippen molar-refractivity contribution in [3.8, 4) is 11.3 Å². The molecule has 0 amide bonds. The largest absolute Gasteiger partial charge is 0.461 e. The van der Waals surface area contributed by atoms with E-state index >= 15 is 0 Å². The Labute approximate surface area is 129 Å². The lowest BCUT2D eigenvalue weighted by Gasteiger charge is -2.10. The van der Waals surface area contributed by atoms with Gasteiger partial charge in [0.2, 0.25) is 0 Å². The fourth-order valence-electron chi connectivity index (χ4n) is 2.53. The summed E-state index contributed by atoms with van der Waals surface area (Å²) in [6.07, 6.45) is 2.09. The molecule has 1 N–H and O–H groups in total. The SMILES string of the molecule is CCCNC(C)Cc1ccc(-c2ccc3sccc3c2)o1. The van der Waals surface area contributed by atoms with Crippen LogP contribution in [0.1, 0.15) is 26.0 Å². The molecule has 0 aliphatic rings. The maximum absolute atomic E-state index is 6.01. The topological polar surface area (TPSA) is 25.2 Å². The second-order valence-electron chi connectivity index (χ2n) is 5.50. The summed E-state index contributed by atoms with van der Waals surface area (Å²) >= 11 is 1.77. The molecule has 0 bridgehead atoms. The number of thiophene rings is 1. The van der Waals surface area contributed by atoms with Crippen LogP contribution in [0.25, 0.3) is 21.4 Å². The highest BCUT2D eigenvalue weighted by Gasteiger charge is 2.09. The molecule has 0 saturated carbocycles. The van der Waals surface area contributed by atoms with Crippen LogP contribution < -0.4 is 5.32 Å². The molecule has 21 heavy (non-hydrogen) atoms. The van der Waals surface area contributed by atoms with Crippen molar-refractivity contribution in [3.63, 3.8) is 0 Å². The maximum atomic E-state index is 6.01. The van der Waals surface area contributed by atoms with Crippen molar-refractivity contribution in [3.05, 3.63) is 47.5 Å². The molecule has 0 fully saturated rings. The molecule has 110 valence electrons. The molecular formula is C18H21NOS. The van der Waals surface area contributed by atoms with Gasteiger partial charge in [-0.05, 0) is 67.1 Å². The molecule has 3 aromatic rings. The van der Waals surface area contributed by atoms with E-state index in [1.165, 1.54) is 10.1 Å². The van der Waals surface area contributed by atoms with Gasteiger partial charge in [-0.2, -0.15) is 0 Å². The smallest absolute Gasteiger partial charge is 0.134 e. The minimum Gasteiger partial charge on any atom is -0.461 e. The summed E-state index contributed by atoms with van der Waals surface area (Å²) in [6.45, 7) is 5.45. The van der Waals surface area contributed by atoms with E-state index in [2.05, 4.69) is 60.9 Å². The molecule has 2 aromatic heterocycles. The lowest BCUT2D eigenvalue weighted by Crippen LogP contribution is -2.28. The van der Waals surface area contributed by atoms with Crippen molar-refractivity contribution in [1.82, 2.24) is 5.32 Å². The molecule has 0 radical (unpaired) electrons. The lowest BCUT2D eigenvalue weighted by atomic mass is 10.1. The van der Waals surface area contributed by atoms with E-state index in [-0.39, 0.29) is 0 Å². The van der Waals surface area contributed by atoms with Crippen LogP contribution in [0.15, 0.2) is 46.2 Å². The van der Waals surface area contributed by atoms with Gasteiger partial charge in [-0.15, -0.1) is 11.3 Å². The number of nitrogens with one attached hydrogen (secondary N) is 1. The number of rotatable bonds is 6. The van der Waals surface area contributed by atoms with Crippen molar-refractivity contribution < 1.29 is 4.42 Å². The van der Waals surface area contributed by atoms with Crippen LogP contribution in [0.4, 0.5) is 0 Å². The average molecular weight is 299 g/mol. The fourth-order valence-corrected chi connectivity index (χ4v) is 3.30. The summed E-state index contributed by atoms with van der Waals surface area (Å²) in [6, 6.07) is 13.3. The molecule has 3 rings (SSSR count). The molecule has 1 atom stereocenters. The van der Waals surface area contributed by atoms with E-state index in [1.807, 2.05) is 0 Å². The van der Waals surface area contributed by atoms with Crippen LogP contribution in [0, 0.1) is 0 Å². The predicted octanol–water partition coefficient (Wildman–Crippen LogP) is 5.09. The first-order valence-electron chi connectivity index (χ1n) is 7.56. The number of benzene rings is 1.